The second kappa shape index (κ2) is 7.25. The van der Waals surface area contributed by atoms with Crippen molar-refractivity contribution in [2.75, 3.05) is 0 Å². The van der Waals surface area contributed by atoms with E-state index in [0.717, 1.165) is 25.4 Å². The van der Waals surface area contributed by atoms with Gasteiger partial charge in [-0.25, -0.2) is 4.79 Å². The molecule has 0 aromatic heterocycles. The molecule has 1 aromatic carbocycles. The molecular weight excluding hydrogens is 292 g/mol. The lowest BCUT2D eigenvalue weighted by Crippen LogP contribution is -2.39. The van der Waals surface area contributed by atoms with Crippen LogP contribution in [-0.4, -0.2) is 14.0 Å². The van der Waals surface area contributed by atoms with Crippen molar-refractivity contribution in [2.24, 2.45) is 5.92 Å². The highest BCUT2D eigenvalue weighted by molar-refractivity contribution is 6.93. The average Bonchev–Trinajstić information content (AvgIpc) is 2.53. The van der Waals surface area contributed by atoms with Gasteiger partial charge in [0.25, 0.3) is 0 Å². The van der Waals surface area contributed by atoms with E-state index in [0.29, 0.717) is 11.5 Å². The maximum atomic E-state index is 12.0. The molecule has 119 valence electrons. The Kier molecular flexibility index (Phi) is 5.59. The summed E-state index contributed by atoms with van der Waals surface area (Å²) in [5, 5.41) is 1.25. The third-order valence-corrected chi connectivity index (χ3v) is 7.18. The smallest absolute Gasteiger partial charge is 0.292 e. The van der Waals surface area contributed by atoms with Crippen LogP contribution in [-0.2, 0) is 9.78 Å². The van der Waals surface area contributed by atoms with Gasteiger partial charge in [0.05, 0.1) is 5.56 Å². The van der Waals surface area contributed by atoms with Crippen LogP contribution >= 0.6 is 0 Å². The fraction of sp³-hybridized carbons (Fsp3) is 0.444. The van der Waals surface area contributed by atoms with E-state index in [9.17, 15) is 4.79 Å². The Morgan fingerprint density at radius 1 is 1.32 bits per heavy atom. The van der Waals surface area contributed by atoms with Crippen molar-refractivity contribution in [1.29, 1.82) is 0 Å². The van der Waals surface area contributed by atoms with E-state index in [2.05, 4.69) is 26.6 Å². The normalized spacial score (nSPS) is 19.7. The largest absolute Gasteiger partial charge is 0.373 e. The van der Waals surface area contributed by atoms with Gasteiger partial charge in [0.1, 0.15) is 14.2 Å². The maximum Gasteiger partial charge on any atom is 0.373 e. The number of carbonyl (C=O) groups excluding carboxylic acids is 1. The molecule has 0 spiro atoms. The minimum Gasteiger partial charge on any atom is -0.292 e. The quantitative estimate of drug-likeness (QED) is 0.465. The van der Waals surface area contributed by atoms with E-state index in [1.165, 1.54) is 11.6 Å². The Bertz CT molecular complexity index is 522. The minimum atomic E-state index is -1.59. The van der Waals surface area contributed by atoms with Crippen LogP contribution in [0, 0.1) is 12.0 Å². The Morgan fingerprint density at radius 2 is 2.00 bits per heavy atom. The van der Waals surface area contributed by atoms with Gasteiger partial charge in [-0.15, -0.1) is 6.58 Å². The van der Waals surface area contributed by atoms with Gasteiger partial charge in [0.15, 0.2) is 0 Å². The molecule has 0 saturated heterocycles. The van der Waals surface area contributed by atoms with Crippen molar-refractivity contribution in [3.63, 3.8) is 0 Å². The summed E-state index contributed by atoms with van der Waals surface area (Å²) in [7, 11) is -1.59. The molecule has 2 rings (SSSR count). The number of benzene rings is 1. The zero-order valence-corrected chi connectivity index (χ0v) is 14.7. The van der Waals surface area contributed by atoms with E-state index in [1.807, 2.05) is 17.8 Å². The lowest BCUT2D eigenvalue weighted by molar-refractivity contribution is -0.241. The van der Waals surface area contributed by atoms with Gasteiger partial charge in [0, 0.05) is 0 Å². The maximum absolute atomic E-state index is 12.0. The molecule has 1 aromatic rings. The van der Waals surface area contributed by atoms with Crippen LogP contribution in [0.2, 0.25) is 13.1 Å². The predicted octanol–water partition coefficient (Wildman–Crippen LogP) is 4.16. The zero-order valence-electron chi connectivity index (χ0n) is 13.7. The molecule has 3 nitrogen and oxygen atoms in total. The highest BCUT2D eigenvalue weighted by atomic mass is 28.3. The van der Waals surface area contributed by atoms with Gasteiger partial charge >= 0.3 is 5.97 Å². The molecule has 0 bridgehead atoms. The van der Waals surface area contributed by atoms with Crippen LogP contribution in [0.4, 0.5) is 0 Å². The fourth-order valence-electron chi connectivity index (χ4n) is 2.61. The van der Waals surface area contributed by atoms with Crippen LogP contribution in [0.5, 0.6) is 0 Å². The summed E-state index contributed by atoms with van der Waals surface area (Å²) in [6.07, 6.45) is 4.96. The van der Waals surface area contributed by atoms with E-state index in [1.54, 1.807) is 12.1 Å². The molecule has 0 amide bonds. The van der Waals surface area contributed by atoms with Crippen molar-refractivity contribution >= 4 is 19.2 Å². The van der Waals surface area contributed by atoms with Crippen molar-refractivity contribution in [1.82, 2.24) is 0 Å². The van der Waals surface area contributed by atoms with Crippen LogP contribution in [0.15, 0.2) is 36.5 Å². The molecule has 1 radical (unpaired) electrons. The van der Waals surface area contributed by atoms with E-state index in [4.69, 9.17) is 9.78 Å². The van der Waals surface area contributed by atoms with Gasteiger partial charge in [-0.05, 0) is 30.9 Å². The van der Waals surface area contributed by atoms with Gasteiger partial charge < -0.3 is 0 Å². The summed E-state index contributed by atoms with van der Waals surface area (Å²) in [5.41, 5.74) is 2.55. The number of hydrogen-bond acceptors (Lipinski definition) is 3. The van der Waals surface area contributed by atoms with Crippen molar-refractivity contribution in [3.8, 4) is 0 Å². The lowest BCUT2D eigenvalue weighted by atomic mass is 9.89. The van der Waals surface area contributed by atoms with Crippen LogP contribution in [0.25, 0.3) is 0 Å². The zero-order chi connectivity index (χ0) is 16.2. The fourth-order valence-corrected chi connectivity index (χ4v) is 3.88. The highest BCUT2D eigenvalue weighted by Crippen LogP contribution is 2.31. The highest BCUT2D eigenvalue weighted by Gasteiger charge is 2.24. The van der Waals surface area contributed by atoms with Gasteiger partial charge in [0.2, 0.25) is 0 Å². The van der Waals surface area contributed by atoms with Crippen molar-refractivity contribution in [2.45, 2.75) is 45.7 Å². The molecule has 0 N–H and O–H groups in total. The van der Waals surface area contributed by atoms with Gasteiger partial charge in [-0.2, -0.15) is 4.89 Å². The molecule has 4 heteroatoms. The monoisotopic (exact) mass is 317 g/mol. The summed E-state index contributed by atoms with van der Waals surface area (Å²) >= 11 is 0. The molecule has 1 fully saturated rings. The first kappa shape index (κ1) is 17.0. The molecule has 22 heavy (non-hydrogen) atoms. The molecule has 1 aliphatic rings. The molecule has 1 unspecified atom stereocenters. The molecule has 1 saturated carbocycles. The number of rotatable bonds is 5. The SMILES string of the molecule is C=C[Si](C)(C)c1ccc(C(=O)OO[C]2CCCC(C)C2)cc1. The average molecular weight is 317 g/mol. The molecule has 1 aliphatic carbocycles. The summed E-state index contributed by atoms with van der Waals surface area (Å²) in [6, 6.07) is 7.57. The Balaban J connectivity index is 1.91. The van der Waals surface area contributed by atoms with Crippen LogP contribution in [0.1, 0.15) is 43.0 Å². The molecule has 0 heterocycles. The van der Waals surface area contributed by atoms with Crippen molar-refractivity contribution in [3.05, 3.63) is 48.2 Å². The van der Waals surface area contributed by atoms with Crippen LogP contribution in [0.3, 0.4) is 0 Å². The molecular formula is C18H25O3Si. The summed E-state index contributed by atoms with van der Waals surface area (Å²) in [4.78, 5) is 22.3. The van der Waals surface area contributed by atoms with Gasteiger partial charge in [-0.1, -0.05) is 55.9 Å². The standard InChI is InChI=1S/C18H25O3Si/c1-5-22(3,4)17-11-9-15(10-12-17)18(19)21-20-16-8-6-7-14(2)13-16/h5,9-12,14H,1,6-8,13H2,2-4H3. The Labute approximate surface area is 134 Å². The molecule has 0 aliphatic heterocycles. The minimum absolute atomic E-state index is 0.435. The van der Waals surface area contributed by atoms with E-state index < -0.39 is 14.0 Å². The topological polar surface area (TPSA) is 35.5 Å². The summed E-state index contributed by atoms with van der Waals surface area (Å²) in [6.45, 7) is 10.5. The van der Waals surface area contributed by atoms with Crippen LogP contribution < -0.4 is 5.19 Å². The first-order valence-corrected chi connectivity index (χ1v) is 11.0. The Morgan fingerprint density at radius 3 is 2.59 bits per heavy atom. The second-order valence-corrected chi connectivity index (χ2v) is 11.1. The third kappa shape index (κ3) is 4.30. The summed E-state index contributed by atoms with van der Waals surface area (Å²) < 4.78 is 0. The van der Waals surface area contributed by atoms with Crippen molar-refractivity contribution < 1.29 is 14.6 Å². The molecule has 1 atom stereocenters. The van der Waals surface area contributed by atoms with E-state index >= 15 is 0 Å². The lowest BCUT2D eigenvalue weighted by Gasteiger charge is -2.23. The first-order valence-electron chi connectivity index (χ1n) is 7.90. The van der Waals surface area contributed by atoms with E-state index in [-0.39, 0.29) is 0 Å². The predicted molar refractivity (Wildman–Crippen MR) is 91.1 cm³/mol. The second-order valence-electron chi connectivity index (χ2n) is 6.70. The third-order valence-electron chi connectivity index (χ3n) is 4.34. The summed E-state index contributed by atoms with van der Waals surface area (Å²) in [5.74, 6) is 0.170. The Hall–Kier alpha value is -1.39. The van der Waals surface area contributed by atoms with Gasteiger partial charge in [-0.3, -0.25) is 4.89 Å². The first-order chi connectivity index (χ1) is 10.4. The number of carbonyl (C=O) groups is 1. The number of hydrogen-bond donors (Lipinski definition) is 0.